The van der Waals surface area contributed by atoms with Gasteiger partial charge >= 0.3 is 0 Å². The number of aliphatic hydroxyl groups is 1. The Balaban J connectivity index is 2.13. The van der Waals surface area contributed by atoms with E-state index in [9.17, 15) is 9.59 Å². The SMILES string of the molecule is CC(C(=O)NCCCO)N(Cc1ccccc1)C(=O)Cc1ccc(Cl)cc1. The highest BCUT2D eigenvalue weighted by atomic mass is 35.5. The Morgan fingerprint density at radius 1 is 1.07 bits per heavy atom. The van der Waals surface area contributed by atoms with Gasteiger partial charge in [0.15, 0.2) is 0 Å². The standard InChI is InChI=1S/C21H25ClN2O3/c1-16(21(27)23-12-5-13-25)24(15-18-6-3-2-4-7-18)20(26)14-17-8-10-19(22)11-9-17/h2-4,6-11,16,25H,5,12-15H2,1H3,(H,23,27). The molecule has 6 heteroatoms. The lowest BCUT2D eigenvalue weighted by Crippen LogP contribution is -2.48. The number of amides is 2. The van der Waals surface area contributed by atoms with E-state index in [1.54, 1.807) is 24.0 Å². The highest BCUT2D eigenvalue weighted by Crippen LogP contribution is 2.14. The van der Waals surface area contributed by atoms with E-state index < -0.39 is 6.04 Å². The average molecular weight is 389 g/mol. The zero-order chi connectivity index (χ0) is 19.6. The van der Waals surface area contributed by atoms with Gasteiger partial charge in [0, 0.05) is 24.7 Å². The summed E-state index contributed by atoms with van der Waals surface area (Å²) in [5, 5.41) is 12.2. The summed E-state index contributed by atoms with van der Waals surface area (Å²) in [6.07, 6.45) is 0.675. The van der Waals surface area contributed by atoms with E-state index in [2.05, 4.69) is 5.32 Å². The first-order chi connectivity index (χ1) is 13.0. The summed E-state index contributed by atoms with van der Waals surface area (Å²) in [7, 11) is 0. The summed E-state index contributed by atoms with van der Waals surface area (Å²) in [6, 6.07) is 16.1. The number of hydrogen-bond acceptors (Lipinski definition) is 3. The highest BCUT2D eigenvalue weighted by molar-refractivity contribution is 6.30. The molecule has 0 aromatic heterocycles. The maximum atomic E-state index is 13.0. The molecule has 0 fully saturated rings. The van der Waals surface area contributed by atoms with Crippen molar-refractivity contribution in [3.63, 3.8) is 0 Å². The van der Waals surface area contributed by atoms with Gasteiger partial charge in [-0.25, -0.2) is 0 Å². The first kappa shape index (κ1) is 20.9. The Labute approximate surface area is 165 Å². The van der Waals surface area contributed by atoms with Crippen molar-refractivity contribution in [1.82, 2.24) is 10.2 Å². The molecule has 0 radical (unpaired) electrons. The third-order valence-corrected chi connectivity index (χ3v) is 4.52. The third-order valence-electron chi connectivity index (χ3n) is 4.27. The lowest BCUT2D eigenvalue weighted by molar-refractivity contribution is -0.140. The second-order valence-electron chi connectivity index (χ2n) is 6.35. The van der Waals surface area contributed by atoms with Gasteiger partial charge in [0.1, 0.15) is 6.04 Å². The number of carbonyl (C=O) groups is 2. The summed E-state index contributed by atoms with van der Waals surface area (Å²) in [5.74, 6) is -0.366. The van der Waals surface area contributed by atoms with Gasteiger partial charge in [0.25, 0.3) is 0 Å². The van der Waals surface area contributed by atoms with Crippen LogP contribution in [-0.4, -0.2) is 41.0 Å². The molecule has 2 amide bonds. The fourth-order valence-corrected chi connectivity index (χ4v) is 2.81. The number of hydrogen-bond donors (Lipinski definition) is 2. The van der Waals surface area contributed by atoms with E-state index >= 15 is 0 Å². The summed E-state index contributed by atoms with van der Waals surface area (Å²) in [4.78, 5) is 27.0. The monoisotopic (exact) mass is 388 g/mol. The van der Waals surface area contributed by atoms with Gasteiger partial charge < -0.3 is 15.3 Å². The van der Waals surface area contributed by atoms with Crippen LogP contribution >= 0.6 is 11.6 Å². The number of rotatable bonds is 9. The number of benzene rings is 2. The number of nitrogens with zero attached hydrogens (tertiary/aromatic N) is 1. The molecule has 0 bridgehead atoms. The normalized spacial score (nSPS) is 11.7. The Bertz CT molecular complexity index is 735. The van der Waals surface area contributed by atoms with Crippen molar-refractivity contribution in [2.75, 3.05) is 13.2 Å². The van der Waals surface area contributed by atoms with Gasteiger partial charge in [-0.05, 0) is 36.6 Å². The molecule has 2 aromatic rings. The minimum Gasteiger partial charge on any atom is -0.396 e. The molecule has 2 aromatic carbocycles. The predicted molar refractivity (Wildman–Crippen MR) is 106 cm³/mol. The summed E-state index contributed by atoms with van der Waals surface area (Å²) in [5.41, 5.74) is 1.80. The number of halogens is 1. The highest BCUT2D eigenvalue weighted by Gasteiger charge is 2.25. The predicted octanol–water partition coefficient (Wildman–Crippen LogP) is 2.80. The van der Waals surface area contributed by atoms with Crippen molar-refractivity contribution in [2.24, 2.45) is 0 Å². The molecular weight excluding hydrogens is 364 g/mol. The van der Waals surface area contributed by atoms with E-state index in [0.717, 1.165) is 11.1 Å². The van der Waals surface area contributed by atoms with Crippen LogP contribution in [0.25, 0.3) is 0 Å². The zero-order valence-electron chi connectivity index (χ0n) is 15.4. The van der Waals surface area contributed by atoms with E-state index in [1.807, 2.05) is 42.5 Å². The van der Waals surface area contributed by atoms with E-state index in [4.69, 9.17) is 16.7 Å². The average Bonchev–Trinajstić information content (AvgIpc) is 2.68. The van der Waals surface area contributed by atoms with Gasteiger partial charge in [0.05, 0.1) is 6.42 Å². The number of nitrogens with one attached hydrogen (secondary N) is 1. The van der Waals surface area contributed by atoms with Crippen molar-refractivity contribution in [2.45, 2.75) is 32.4 Å². The van der Waals surface area contributed by atoms with Crippen molar-refractivity contribution in [1.29, 1.82) is 0 Å². The van der Waals surface area contributed by atoms with Crippen molar-refractivity contribution in [3.8, 4) is 0 Å². The van der Waals surface area contributed by atoms with Gasteiger partial charge in [-0.1, -0.05) is 54.1 Å². The molecular formula is C21H25ClN2O3. The van der Waals surface area contributed by atoms with E-state index in [-0.39, 0.29) is 24.8 Å². The molecule has 2 N–H and O–H groups in total. The largest absolute Gasteiger partial charge is 0.396 e. The second kappa shape index (κ2) is 10.7. The Hall–Kier alpha value is -2.37. The van der Waals surface area contributed by atoms with Gasteiger partial charge in [-0.3, -0.25) is 9.59 Å². The van der Waals surface area contributed by atoms with Crippen LogP contribution in [0.3, 0.4) is 0 Å². The molecule has 1 atom stereocenters. The Kier molecular flexibility index (Phi) is 8.30. The molecule has 1 unspecified atom stereocenters. The van der Waals surface area contributed by atoms with E-state index in [1.165, 1.54) is 0 Å². The van der Waals surface area contributed by atoms with E-state index in [0.29, 0.717) is 24.5 Å². The summed E-state index contributed by atoms with van der Waals surface area (Å²) < 4.78 is 0. The van der Waals surface area contributed by atoms with Crippen molar-refractivity contribution >= 4 is 23.4 Å². The molecule has 144 valence electrons. The third kappa shape index (κ3) is 6.70. The lowest BCUT2D eigenvalue weighted by atomic mass is 10.1. The number of aliphatic hydroxyl groups excluding tert-OH is 1. The number of carbonyl (C=O) groups excluding carboxylic acids is 2. The first-order valence-corrected chi connectivity index (χ1v) is 9.35. The van der Waals surface area contributed by atoms with Crippen LogP contribution in [0.2, 0.25) is 5.02 Å². The second-order valence-corrected chi connectivity index (χ2v) is 6.79. The first-order valence-electron chi connectivity index (χ1n) is 8.97. The molecule has 0 aliphatic rings. The topological polar surface area (TPSA) is 69.6 Å². The summed E-state index contributed by atoms with van der Waals surface area (Å²) in [6.45, 7) is 2.46. The summed E-state index contributed by atoms with van der Waals surface area (Å²) >= 11 is 5.90. The Morgan fingerprint density at radius 2 is 1.74 bits per heavy atom. The van der Waals surface area contributed by atoms with Crippen LogP contribution in [0, 0.1) is 0 Å². The van der Waals surface area contributed by atoms with Gasteiger partial charge in [0.2, 0.25) is 11.8 Å². The van der Waals surface area contributed by atoms with Gasteiger partial charge in [-0.15, -0.1) is 0 Å². The van der Waals surface area contributed by atoms with Crippen LogP contribution in [0.4, 0.5) is 0 Å². The fraction of sp³-hybridized carbons (Fsp3) is 0.333. The maximum absolute atomic E-state index is 13.0. The molecule has 0 aliphatic heterocycles. The van der Waals surface area contributed by atoms with Crippen LogP contribution < -0.4 is 5.32 Å². The molecule has 0 spiro atoms. The van der Waals surface area contributed by atoms with Crippen LogP contribution in [0.15, 0.2) is 54.6 Å². The minimum absolute atomic E-state index is 0.0118. The van der Waals surface area contributed by atoms with Gasteiger partial charge in [-0.2, -0.15) is 0 Å². The van der Waals surface area contributed by atoms with Crippen LogP contribution in [-0.2, 0) is 22.6 Å². The maximum Gasteiger partial charge on any atom is 0.242 e. The lowest BCUT2D eigenvalue weighted by Gasteiger charge is -2.29. The van der Waals surface area contributed by atoms with Crippen LogP contribution in [0.1, 0.15) is 24.5 Å². The zero-order valence-corrected chi connectivity index (χ0v) is 16.2. The smallest absolute Gasteiger partial charge is 0.242 e. The molecule has 2 rings (SSSR count). The molecule has 0 heterocycles. The van der Waals surface area contributed by atoms with Crippen molar-refractivity contribution < 1.29 is 14.7 Å². The molecule has 0 saturated heterocycles. The molecule has 5 nitrogen and oxygen atoms in total. The Morgan fingerprint density at radius 3 is 2.37 bits per heavy atom. The quantitative estimate of drug-likeness (QED) is 0.649. The van der Waals surface area contributed by atoms with Crippen LogP contribution in [0.5, 0.6) is 0 Å². The minimum atomic E-state index is -0.622. The molecule has 0 aliphatic carbocycles. The molecule has 27 heavy (non-hydrogen) atoms. The fourth-order valence-electron chi connectivity index (χ4n) is 2.68. The van der Waals surface area contributed by atoms with Crippen molar-refractivity contribution in [3.05, 3.63) is 70.7 Å². The molecule has 0 saturated carbocycles.